The zero-order valence-corrected chi connectivity index (χ0v) is 9.90. The first kappa shape index (κ1) is 11.7. The lowest BCUT2D eigenvalue weighted by atomic mass is 10.2. The first-order valence-electron chi connectivity index (χ1n) is 4.33. The standard InChI is InChI=1S/C10H14BrNO2/c1-13-12(14-2)10(11)8-9-6-4-3-5-7-9/h3-7,10H,8H2,1-2H3. The predicted octanol–water partition coefficient (Wildman–Crippen LogP) is 2.37. The molecule has 1 rings (SSSR count). The Morgan fingerprint density at radius 3 is 2.29 bits per heavy atom. The number of hydroxylamine groups is 2. The molecule has 78 valence electrons. The summed E-state index contributed by atoms with van der Waals surface area (Å²) in [4.78, 5) is 10.0. The van der Waals surface area contributed by atoms with Gasteiger partial charge in [-0.15, -0.1) is 0 Å². The molecular formula is C10H14BrNO2. The van der Waals surface area contributed by atoms with Gasteiger partial charge in [0.1, 0.15) is 4.95 Å². The maximum Gasteiger partial charge on any atom is 0.122 e. The van der Waals surface area contributed by atoms with Crippen molar-refractivity contribution in [2.24, 2.45) is 0 Å². The normalized spacial score (nSPS) is 13.1. The molecule has 0 spiro atoms. The maximum atomic E-state index is 5.00. The van der Waals surface area contributed by atoms with Gasteiger partial charge >= 0.3 is 0 Å². The molecule has 0 amide bonds. The molecule has 0 aliphatic heterocycles. The molecule has 3 nitrogen and oxygen atoms in total. The fourth-order valence-corrected chi connectivity index (χ4v) is 1.89. The number of benzene rings is 1. The van der Waals surface area contributed by atoms with E-state index in [1.165, 1.54) is 10.8 Å². The third kappa shape index (κ3) is 3.38. The van der Waals surface area contributed by atoms with Crippen LogP contribution >= 0.6 is 15.9 Å². The van der Waals surface area contributed by atoms with Gasteiger partial charge in [0.2, 0.25) is 0 Å². The third-order valence-electron chi connectivity index (χ3n) is 1.84. The van der Waals surface area contributed by atoms with E-state index in [0.29, 0.717) is 0 Å². The van der Waals surface area contributed by atoms with E-state index in [1.54, 1.807) is 14.2 Å². The molecule has 0 aromatic heterocycles. The van der Waals surface area contributed by atoms with Gasteiger partial charge < -0.3 is 0 Å². The first-order valence-corrected chi connectivity index (χ1v) is 5.25. The molecule has 0 saturated carbocycles. The Morgan fingerprint density at radius 2 is 1.79 bits per heavy atom. The fraction of sp³-hybridized carbons (Fsp3) is 0.400. The van der Waals surface area contributed by atoms with Gasteiger partial charge in [-0.3, -0.25) is 9.68 Å². The molecule has 14 heavy (non-hydrogen) atoms. The van der Waals surface area contributed by atoms with E-state index in [1.807, 2.05) is 18.2 Å². The minimum atomic E-state index is 0.0138. The third-order valence-corrected chi connectivity index (χ3v) is 2.49. The van der Waals surface area contributed by atoms with Gasteiger partial charge in [0.25, 0.3) is 0 Å². The van der Waals surface area contributed by atoms with Gasteiger partial charge in [-0.2, -0.15) is 0 Å². The number of nitrogens with zero attached hydrogens (tertiary/aromatic N) is 1. The summed E-state index contributed by atoms with van der Waals surface area (Å²) >= 11 is 3.48. The Labute approximate surface area is 92.7 Å². The minimum Gasteiger partial charge on any atom is -0.277 e. The quantitative estimate of drug-likeness (QED) is 0.461. The zero-order valence-electron chi connectivity index (χ0n) is 8.31. The molecule has 0 radical (unpaired) electrons. The number of hydrogen-bond acceptors (Lipinski definition) is 3. The minimum absolute atomic E-state index is 0.0138. The highest BCUT2D eigenvalue weighted by atomic mass is 79.9. The maximum absolute atomic E-state index is 5.00. The lowest BCUT2D eigenvalue weighted by Crippen LogP contribution is -2.30. The molecule has 0 fully saturated rings. The number of alkyl halides is 1. The number of rotatable bonds is 5. The highest BCUT2D eigenvalue weighted by Gasteiger charge is 2.14. The van der Waals surface area contributed by atoms with Gasteiger partial charge in [0, 0.05) is 6.42 Å². The fourth-order valence-electron chi connectivity index (χ4n) is 1.19. The Kier molecular flexibility index (Phi) is 5.11. The molecule has 0 aliphatic rings. The van der Waals surface area contributed by atoms with Crippen LogP contribution in [-0.2, 0) is 16.1 Å². The Bertz CT molecular complexity index is 252. The van der Waals surface area contributed by atoms with Crippen LogP contribution in [-0.4, -0.2) is 24.4 Å². The van der Waals surface area contributed by atoms with E-state index in [9.17, 15) is 0 Å². The van der Waals surface area contributed by atoms with Crippen LogP contribution in [0.15, 0.2) is 30.3 Å². The van der Waals surface area contributed by atoms with E-state index in [2.05, 4.69) is 28.1 Å². The van der Waals surface area contributed by atoms with E-state index < -0.39 is 0 Å². The lowest BCUT2D eigenvalue weighted by Gasteiger charge is -2.21. The summed E-state index contributed by atoms with van der Waals surface area (Å²) in [7, 11) is 3.14. The average Bonchev–Trinajstić information content (AvgIpc) is 2.21. The summed E-state index contributed by atoms with van der Waals surface area (Å²) in [5.41, 5.74) is 1.23. The molecule has 1 aromatic carbocycles. The highest BCUT2D eigenvalue weighted by Crippen LogP contribution is 2.14. The molecule has 1 atom stereocenters. The Morgan fingerprint density at radius 1 is 1.21 bits per heavy atom. The van der Waals surface area contributed by atoms with E-state index >= 15 is 0 Å². The second-order valence-electron chi connectivity index (χ2n) is 2.77. The molecule has 1 aromatic rings. The monoisotopic (exact) mass is 259 g/mol. The summed E-state index contributed by atoms with van der Waals surface area (Å²) in [6.07, 6.45) is 0.822. The predicted molar refractivity (Wildman–Crippen MR) is 58.7 cm³/mol. The van der Waals surface area contributed by atoms with Gasteiger partial charge in [-0.05, 0) is 5.56 Å². The SMILES string of the molecule is CON(OC)C(Br)Cc1ccccc1. The van der Waals surface area contributed by atoms with Crippen LogP contribution in [0.5, 0.6) is 0 Å². The molecule has 0 N–H and O–H groups in total. The van der Waals surface area contributed by atoms with Gasteiger partial charge in [0.05, 0.1) is 14.2 Å². The summed E-state index contributed by atoms with van der Waals surface area (Å²) < 4.78 is 0. The van der Waals surface area contributed by atoms with Crippen LogP contribution < -0.4 is 0 Å². The summed E-state index contributed by atoms with van der Waals surface area (Å²) in [5.74, 6) is 0. The first-order chi connectivity index (χ1) is 6.77. The van der Waals surface area contributed by atoms with Crippen molar-refractivity contribution in [3.05, 3.63) is 35.9 Å². The Hall–Kier alpha value is -0.420. The van der Waals surface area contributed by atoms with E-state index in [-0.39, 0.29) is 4.95 Å². The number of halogens is 1. The van der Waals surface area contributed by atoms with Crippen LogP contribution in [0.1, 0.15) is 5.56 Å². The van der Waals surface area contributed by atoms with Crippen LogP contribution in [0, 0.1) is 0 Å². The van der Waals surface area contributed by atoms with Crippen molar-refractivity contribution in [3.8, 4) is 0 Å². The van der Waals surface area contributed by atoms with Crippen LogP contribution in [0.4, 0.5) is 0 Å². The highest BCUT2D eigenvalue weighted by molar-refractivity contribution is 9.09. The summed E-state index contributed by atoms with van der Waals surface area (Å²) in [6.45, 7) is 0. The second-order valence-corrected chi connectivity index (χ2v) is 3.83. The van der Waals surface area contributed by atoms with E-state index in [4.69, 9.17) is 9.68 Å². The van der Waals surface area contributed by atoms with Gasteiger partial charge in [0.15, 0.2) is 0 Å². The number of hydrogen-bond donors (Lipinski definition) is 0. The summed E-state index contributed by atoms with van der Waals surface area (Å²) in [5, 5.41) is 1.41. The molecule has 1 unspecified atom stereocenters. The molecule has 0 bridgehead atoms. The van der Waals surface area contributed by atoms with Crippen LogP contribution in [0.25, 0.3) is 0 Å². The van der Waals surface area contributed by atoms with Crippen molar-refractivity contribution >= 4 is 15.9 Å². The van der Waals surface area contributed by atoms with Crippen molar-refractivity contribution < 1.29 is 9.68 Å². The summed E-state index contributed by atoms with van der Waals surface area (Å²) in [6, 6.07) is 10.2. The molecule has 0 aliphatic carbocycles. The second kappa shape index (κ2) is 6.14. The van der Waals surface area contributed by atoms with Gasteiger partial charge in [-0.25, -0.2) is 0 Å². The van der Waals surface area contributed by atoms with Gasteiger partial charge in [-0.1, -0.05) is 51.5 Å². The van der Waals surface area contributed by atoms with Crippen molar-refractivity contribution in [3.63, 3.8) is 0 Å². The Balaban J connectivity index is 2.52. The topological polar surface area (TPSA) is 21.7 Å². The van der Waals surface area contributed by atoms with E-state index in [0.717, 1.165) is 6.42 Å². The molecule has 4 heteroatoms. The van der Waals surface area contributed by atoms with Crippen molar-refractivity contribution in [2.75, 3.05) is 14.2 Å². The average molecular weight is 260 g/mol. The van der Waals surface area contributed by atoms with Crippen molar-refractivity contribution in [1.29, 1.82) is 0 Å². The lowest BCUT2D eigenvalue weighted by molar-refractivity contribution is -0.348. The molecule has 0 saturated heterocycles. The van der Waals surface area contributed by atoms with Crippen molar-refractivity contribution in [1.82, 2.24) is 5.23 Å². The molecular weight excluding hydrogens is 246 g/mol. The molecule has 0 heterocycles. The largest absolute Gasteiger partial charge is 0.277 e. The zero-order chi connectivity index (χ0) is 10.4. The van der Waals surface area contributed by atoms with Crippen LogP contribution in [0.2, 0.25) is 0 Å². The van der Waals surface area contributed by atoms with Crippen LogP contribution in [0.3, 0.4) is 0 Å². The van der Waals surface area contributed by atoms with Crippen molar-refractivity contribution in [2.45, 2.75) is 11.4 Å². The smallest absolute Gasteiger partial charge is 0.122 e.